The lowest BCUT2D eigenvalue weighted by Crippen LogP contribution is -2.31. The summed E-state index contributed by atoms with van der Waals surface area (Å²) in [4.78, 5) is 0. The number of nitrogens with zero attached hydrogens (tertiary/aromatic N) is 4. The molecule has 0 bridgehead atoms. The maximum absolute atomic E-state index is 5.77. The Labute approximate surface area is 121 Å². The highest BCUT2D eigenvalue weighted by Gasteiger charge is 2.24. The van der Waals surface area contributed by atoms with E-state index < -0.39 is 0 Å². The van der Waals surface area contributed by atoms with Gasteiger partial charge in [-0.15, -0.1) is 0 Å². The van der Waals surface area contributed by atoms with Crippen LogP contribution in [0.25, 0.3) is 0 Å². The minimum Gasteiger partial charge on any atom is -0.275 e. The molecule has 7 heteroatoms. The third-order valence-electron chi connectivity index (χ3n) is 3.16. The number of hydrazine groups is 1. The van der Waals surface area contributed by atoms with Crippen molar-refractivity contribution in [3.63, 3.8) is 0 Å². The summed E-state index contributed by atoms with van der Waals surface area (Å²) in [5.41, 5.74) is 6.03. The number of hydrogen-bond acceptors (Lipinski definition) is 4. The second kappa shape index (κ2) is 5.85. The Hall–Kier alpha value is -1.18. The van der Waals surface area contributed by atoms with Gasteiger partial charge in [-0.25, -0.2) is 5.43 Å². The molecule has 0 saturated carbocycles. The van der Waals surface area contributed by atoms with Crippen LogP contribution >= 0.6 is 15.9 Å². The maximum atomic E-state index is 5.77. The van der Waals surface area contributed by atoms with Gasteiger partial charge in [-0.05, 0) is 29.3 Å². The molecule has 2 rings (SSSR count). The first-order valence-corrected chi connectivity index (χ1v) is 7.11. The van der Waals surface area contributed by atoms with Crippen LogP contribution in [0.3, 0.4) is 0 Å². The van der Waals surface area contributed by atoms with E-state index in [0.29, 0.717) is 0 Å². The van der Waals surface area contributed by atoms with Crippen LogP contribution in [-0.4, -0.2) is 19.6 Å². The molecule has 2 aromatic rings. The SMILES string of the molecule is CCc1nn(C)cc1C(NN)c1c(Br)cnn1CC. The molecular weight excluding hydrogens is 308 g/mol. The average Bonchev–Trinajstić information content (AvgIpc) is 2.95. The van der Waals surface area contributed by atoms with Crippen LogP contribution in [0.5, 0.6) is 0 Å². The van der Waals surface area contributed by atoms with Crippen LogP contribution in [0.2, 0.25) is 0 Å². The second-order valence-corrected chi connectivity index (χ2v) is 5.21. The van der Waals surface area contributed by atoms with E-state index in [4.69, 9.17) is 5.84 Å². The van der Waals surface area contributed by atoms with Gasteiger partial charge in [-0.2, -0.15) is 10.2 Å². The molecular formula is C12H19BrN6. The van der Waals surface area contributed by atoms with Crippen molar-refractivity contribution in [2.24, 2.45) is 12.9 Å². The number of aromatic nitrogens is 4. The van der Waals surface area contributed by atoms with E-state index in [1.54, 1.807) is 6.20 Å². The van der Waals surface area contributed by atoms with Crippen molar-refractivity contribution in [1.82, 2.24) is 25.0 Å². The zero-order valence-corrected chi connectivity index (χ0v) is 13.0. The lowest BCUT2D eigenvalue weighted by Gasteiger charge is -2.18. The van der Waals surface area contributed by atoms with Gasteiger partial charge in [-0.3, -0.25) is 15.2 Å². The topological polar surface area (TPSA) is 73.7 Å². The highest BCUT2D eigenvalue weighted by molar-refractivity contribution is 9.10. The molecule has 19 heavy (non-hydrogen) atoms. The molecule has 0 aliphatic rings. The number of aryl methyl sites for hydroxylation is 3. The molecule has 0 aliphatic heterocycles. The van der Waals surface area contributed by atoms with Gasteiger partial charge in [0.15, 0.2) is 0 Å². The van der Waals surface area contributed by atoms with Crippen molar-refractivity contribution < 1.29 is 0 Å². The third-order valence-corrected chi connectivity index (χ3v) is 3.77. The fraction of sp³-hybridized carbons (Fsp3) is 0.500. The highest BCUT2D eigenvalue weighted by Crippen LogP contribution is 2.29. The summed E-state index contributed by atoms with van der Waals surface area (Å²) in [7, 11) is 1.92. The van der Waals surface area contributed by atoms with Gasteiger partial charge in [-0.1, -0.05) is 6.92 Å². The number of hydrogen-bond donors (Lipinski definition) is 2. The van der Waals surface area contributed by atoms with E-state index >= 15 is 0 Å². The van der Waals surface area contributed by atoms with Gasteiger partial charge in [0, 0.05) is 25.4 Å². The molecule has 3 N–H and O–H groups in total. The number of nitrogens with two attached hydrogens (primary N) is 1. The van der Waals surface area contributed by atoms with Crippen LogP contribution in [0.1, 0.15) is 36.8 Å². The van der Waals surface area contributed by atoms with Gasteiger partial charge in [0.25, 0.3) is 0 Å². The normalized spacial score (nSPS) is 12.9. The molecule has 1 unspecified atom stereocenters. The molecule has 0 aliphatic carbocycles. The van der Waals surface area contributed by atoms with Crippen molar-refractivity contribution in [3.8, 4) is 0 Å². The van der Waals surface area contributed by atoms with E-state index in [1.807, 2.05) is 22.6 Å². The van der Waals surface area contributed by atoms with E-state index in [1.165, 1.54) is 0 Å². The Morgan fingerprint density at radius 3 is 2.79 bits per heavy atom. The number of halogens is 1. The minimum atomic E-state index is -0.125. The first kappa shape index (κ1) is 14.2. The van der Waals surface area contributed by atoms with Gasteiger partial charge >= 0.3 is 0 Å². The largest absolute Gasteiger partial charge is 0.275 e. The third kappa shape index (κ3) is 2.58. The molecule has 0 saturated heterocycles. The first-order chi connectivity index (χ1) is 9.12. The summed E-state index contributed by atoms with van der Waals surface area (Å²) in [5, 5.41) is 8.81. The Balaban J connectivity index is 2.52. The Morgan fingerprint density at radius 2 is 2.21 bits per heavy atom. The fourth-order valence-corrected chi connectivity index (χ4v) is 2.82. The van der Waals surface area contributed by atoms with Crippen LogP contribution in [-0.2, 0) is 20.0 Å². The summed E-state index contributed by atoms with van der Waals surface area (Å²) in [6.45, 7) is 4.94. The number of rotatable bonds is 5. The van der Waals surface area contributed by atoms with Crippen LogP contribution in [0.4, 0.5) is 0 Å². The molecule has 0 fully saturated rings. The van der Waals surface area contributed by atoms with Crippen LogP contribution < -0.4 is 11.3 Å². The van der Waals surface area contributed by atoms with E-state index in [9.17, 15) is 0 Å². The molecule has 0 spiro atoms. The van der Waals surface area contributed by atoms with E-state index in [2.05, 4.69) is 45.4 Å². The van der Waals surface area contributed by atoms with Gasteiger partial charge < -0.3 is 0 Å². The zero-order valence-electron chi connectivity index (χ0n) is 11.4. The predicted molar refractivity (Wildman–Crippen MR) is 77.4 cm³/mol. The second-order valence-electron chi connectivity index (χ2n) is 4.35. The van der Waals surface area contributed by atoms with Crippen LogP contribution in [0.15, 0.2) is 16.9 Å². The lowest BCUT2D eigenvalue weighted by atomic mass is 10.0. The smallest absolute Gasteiger partial charge is 0.0922 e. The first-order valence-electron chi connectivity index (χ1n) is 6.32. The van der Waals surface area contributed by atoms with Gasteiger partial charge in [0.05, 0.1) is 28.1 Å². The molecule has 2 heterocycles. The minimum absolute atomic E-state index is 0.125. The quantitative estimate of drug-likeness (QED) is 0.645. The summed E-state index contributed by atoms with van der Waals surface area (Å²) < 4.78 is 4.70. The van der Waals surface area contributed by atoms with E-state index in [0.717, 1.165) is 34.4 Å². The maximum Gasteiger partial charge on any atom is 0.0922 e. The molecule has 2 aromatic heterocycles. The highest BCUT2D eigenvalue weighted by atomic mass is 79.9. The summed E-state index contributed by atoms with van der Waals surface area (Å²) >= 11 is 3.54. The predicted octanol–water partition coefficient (Wildman–Crippen LogP) is 1.51. The van der Waals surface area contributed by atoms with Crippen molar-refractivity contribution in [1.29, 1.82) is 0 Å². The summed E-state index contributed by atoms with van der Waals surface area (Å²) in [6, 6.07) is -0.125. The molecule has 104 valence electrons. The monoisotopic (exact) mass is 326 g/mol. The lowest BCUT2D eigenvalue weighted by molar-refractivity contribution is 0.539. The average molecular weight is 327 g/mol. The molecule has 0 amide bonds. The van der Waals surface area contributed by atoms with Crippen molar-refractivity contribution in [3.05, 3.63) is 33.8 Å². The zero-order chi connectivity index (χ0) is 14.0. The van der Waals surface area contributed by atoms with Crippen LogP contribution in [0, 0.1) is 0 Å². The van der Waals surface area contributed by atoms with Gasteiger partial charge in [0.1, 0.15) is 0 Å². The van der Waals surface area contributed by atoms with E-state index in [-0.39, 0.29) is 6.04 Å². The molecule has 6 nitrogen and oxygen atoms in total. The summed E-state index contributed by atoms with van der Waals surface area (Å²) in [5.74, 6) is 5.77. The Bertz CT molecular complexity index is 559. The standard InChI is InChI=1S/C12H19BrN6/c1-4-10-8(7-18(3)17-10)11(16-14)12-9(13)6-15-19(12)5-2/h6-7,11,16H,4-5,14H2,1-3H3. The van der Waals surface area contributed by atoms with Crippen molar-refractivity contribution in [2.45, 2.75) is 32.9 Å². The summed E-state index contributed by atoms with van der Waals surface area (Å²) in [6.07, 6.45) is 4.67. The molecule has 0 radical (unpaired) electrons. The fourth-order valence-electron chi connectivity index (χ4n) is 2.30. The Kier molecular flexibility index (Phi) is 4.38. The molecule has 0 aromatic carbocycles. The van der Waals surface area contributed by atoms with Crippen molar-refractivity contribution >= 4 is 15.9 Å². The Morgan fingerprint density at radius 1 is 1.47 bits per heavy atom. The van der Waals surface area contributed by atoms with Gasteiger partial charge in [0.2, 0.25) is 0 Å². The number of nitrogens with one attached hydrogen (secondary N) is 1. The van der Waals surface area contributed by atoms with Crippen molar-refractivity contribution in [2.75, 3.05) is 0 Å². The molecule has 1 atom stereocenters.